The van der Waals surface area contributed by atoms with Gasteiger partial charge in [-0.15, -0.1) is 0 Å². The van der Waals surface area contributed by atoms with Gasteiger partial charge in [0.05, 0.1) is 6.42 Å². The fraction of sp³-hybridized carbons (Fsp3) is 0.500. The molecule has 0 fully saturated rings. The molecule has 0 saturated heterocycles. The molecule has 1 atom stereocenters. The van der Waals surface area contributed by atoms with Crippen LogP contribution in [0.25, 0.3) is 0 Å². The minimum absolute atomic E-state index is 0. The number of carbonyl (C=O) groups is 2. The van der Waals surface area contributed by atoms with Crippen molar-refractivity contribution in [3.63, 3.8) is 0 Å². The molecule has 0 aromatic rings. The van der Waals surface area contributed by atoms with E-state index in [0.717, 1.165) is 0 Å². The summed E-state index contributed by atoms with van der Waals surface area (Å²) in [7, 11) is 0. The normalized spacial score (nSPS) is 10.3. The molecule has 0 aliphatic heterocycles. The van der Waals surface area contributed by atoms with Gasteiger partial charge in [0.25, 0.3) is 0 Å². The fourth-order valence-corrected chi connectivity index (χ4v) is 0.275. The maximum atomic E-state index is 9.85. The van der Waals surface area contributed by atoms with Crippen LogP contribution in [0.4, 0.5) is 0 Å². The summed E-state index contributed by atoms with van der Waals surface area (Å²) in [4.78, 5) is 19.6. The van der Waals surface area contributed by atoms with Crippen molar-refractivity contribution in [1.29, 1.82) is 0 Å². The first-order valence-corrected chi connectivity index (χ1v) is 2.24. The van der Waals surface area contributed by atoms with Gasteiger partial charge in [-0.05, 0) is 0 Å². The molecule has 0 aliphatic rings. The smallest absolute Gasteiger partial charge is 1.00 e. The third kappa shape index (κ3) is 9.86. The zero-order chi connectivity index (χ0) is 7.44. The van der Waals surface area contributed by atoms with Crippen molar-refractivity contribution in [2.45, 2.75) is 12.5 Å². The number of carboxylic acids is 2. The Morgan fingerprint density at radius 2 is 1.82 bits per heavy atom. The second kappa shape index (κ2) is 7.96. The van der Waals surface area contributed by atoms with E-state index in [1.807, 2.05) is 0 Å². The molecule has 6 nitrogen and oxygen atoms in total. The predicted octanol–water partition coefficient (Wildman–Crippen LogP) is -4.84. The molecule has 0 aromatic carbocycles. The van der Waals surface area contributed by atoms with Gasteiger partial charge in [0, 0.05) is 0 Å². The molecule has 0 saturated carbocycles. The predicted molar refractivity (Wildman–Crippen MR) is 32.6 cm³/mol. The van der Waals surface area contributed by atoms with E-state index in [-0.39, 0.29) is 36.5 Å². The molecule has 0 heterocycles. The first-order chi connectivity index (χ1) is 4.04. The Kier molecular flexibility index (Phi) is 12.4. The van der Waals surface area contributed by atoms with E-state index < -0.39 is 24.4 Å². The van der Waals surface area contributed by atoms with Crippen LogP contribution in [-0.4, -0.2) is 33.7 Å². The number of hydrogen-bond acceptors (Lipinski definition) is 3. The van der Waals surface area contributed by atoms with Crippen LogP contribution in [0.5, 0.6) is 0 Å². The molecule has 0 aliphatic carbocycles. The topological polar surface area (TPSA) is 132 Å². The summed E-state index contributed by atoms with van der Waals surface area (Å²) < 4.78 is 0. The van der Waals surface area contributed by atoms with Gasteiger partial charge in [-0.2, -0.15) is 0 Å². The number of nitrogens with two attached hydrogens (primary N) is 1. The van der Waals surface area contributed by atoms with E-state index in [0.29, 0.717) is 0 Å². The molecule has 62 valence electrons. The SMILES string of the molecule is N[C@@H](CC(=O)O)C(=O)O.O.[H-].[Na+]. The van der Waals surface area contributed by atoms with E-state index in [1.165, 1.54) is 0 Å². The molecule has 0 rings (SSSR count). The minimum Gasteiger partial charge on any atom is -1.00 e. The summed E-state index contributed by atoms with van der Waals surface area (Å²) in [5.41, 5.74) is 4.84. The Hall–Kier alpha value is -0.140. The van der Waals surface area contributed by atoms with Crippen molar-refractivity contribution in [2.24, 2.45) is 5.73 Å². The van der Waals surface area contributed by atoms with Crippen LogP contribution < -0.4 is 35.3 Å². The molecule has 0 amide bonds. The quantitative estimate of drug-likeness (QED) is 0.370. The van der Waals surface area contributed by atoms with Crippen LogP contribution in [-0.2, 0) is 9.59 Å². The molecule has 0 spiro atoms. The van der Waals surface area contributed by atoms with Gasteiger partial charge in [0.1, 0.15) is 6.04 Å². The summed E-state index contributed by atoms with van der Waals surface area (Å²) in [6.07, 6.45) is -0.532. The van der Waals surface area contributed by atoms with Gasteiger partial charge in [-0.3, -0.25) is 9.59 Å². The zero-order valence-corrected chi connectivity index (χ0v) is 8.07. The van der Waals surface area contributed by atoms with Crippen molar-refractivity contribution in [1.82, 2.24) is 0 Å². The number of carboxylic acid groups (broad SMARTS) is 2. The van der Waals surface area contributed by atoms with E-state index >= 15 is 0 Å². The Balaban J connectivity index is -0.000000107. The van der Waals surface area contributed by atoms with Crippen LogP contribution in [0.1, 0.15) is 7.85 Å². The van der Waals surface area contributed by atoms with E-state index in [1.54, 1.807) is 0 Å². The summed E-state index contributed by atoms with van der Waals surface area (Å²) in [5, 5.41) is 16.0. The molecular formula is C4H10NNaO5. The van der Waals surface area contributed by atoms with Crippen molar-refractivity contribution < 1.29 is 56.3 Å². The molecule has 0 unspecified atom stereocenters. The summed E-state index contributed by atoms with van der Waals surface area (Å²) in [5.74, 6) is -2.50. The van der Waals surface area contributed by atoms with Crippen molar-refractivity contribution >= 4 is 11.9 Å². The van der Waals surface area contributed by atoms with E-state index in [2.05, 4.69) is 0 Å². The molecular weight excluding hydrogens is 165 g/mol. The standard InChI is InChI=1S/C4H7NO4.Na.H2O.H/c5-2(4(8)9)1-3(6)7;;;/h2H,1,5H2,(H,6,7)(H,8,9);;1H2;/q;+1;;-1/t2-;;;/m0.../s1. The van der Waals surface area contributed by atoms with Gasteiger partial charge in [0.15, 0.2) is 0 Å². The third-order valence-corrected chi connectivity index (χ3v) is 0.712. The summed E-state index contributed by atoms with van der Waals surface area (Å²) in [6, 6.07) is -1.29. The zero-order valence-electron chi connectivity index (χ0n) is 7.07. The molecule has 7 heteroatoms. The third-order valence-electron chi connectivity index (χ3n) is 0.712. The van der Waals surface area contributed by atoms with Crippen LogP contribution in [0.2, 0.25) is 0 Å². The van der Waals surface area contributed by atoms with E-state index in [9.17, 15) is 9.59 Å². The van der Waals surface area contributed by atoms with Gasteiger partial charge in [-0.1, -0.05) is 0 Å². The van der Waals surface area contributed by atoms with Crippen LogP contribution in [0, 0.1) is 0 Å². The first-order valence-electron chi connectivity index (χ1n) is 2.24. The molecule has 6 N–H and O–H groups in total. The fourth-order valence-electron chi connectivity index (χ4n) is 0.275. The monoisotopic (exact) mass is 175 g/mol. The Morgan fingerprint density at radius 1 is 1.45 bits per heavy atom. The molecule has 0 radical (unpaired) electrons. The average Bonchev–Trinajstić information content (AvgIpc) is 1.63. The maximum Gasteiger partial charge on any atom is 1.00 e. The van der Waals surface area contributed by atoms with Crippen molar-refractivity contribution in [2.75, 3.05) is 0 Å². The van der Waals surface area contributed by atoms with Gasteiger partial charge in [-0.25, -0.2) is 0 Å². The van der Waals surface area contributed by atoms with Crippen molar-refractivity contribution in [3.8, 4) is 0 Å². The molecule has 11 heavy (non-hydrogen) atoms. The van der Waals surface area contributed by atoms with Gasteiger partial charge in [0.2, 0.25) is 0 Å². The largest absolute Gasteiger partial charge is 1.00 e. The Morgan fingerprint density at radius 3 is 1.91 bits per heavy atom. The average molecular weight is 175 g/mol. The maximum absolute atomic E-state index is 9.85. The minimum atomic E-state index is -1.29. The van der Waals surface area contributed by atoms with Crippen molar-refractivity contribution in [3.05, 3.63) is 0 Å². The summed E-state index contributed by atoms with van der Waals surface area (Å²) >= 11 is 0. The van der Waals surface area contributed by atoms with Crippen LogP contribution >= 0.6 is 0 Å². The second-order valence-corrected chi connectivity index (χ2v) is 1.54. The van der Waals surface area contributed by atoms with Gasteiger partial charge >= 0.3 is 41.5 Å². The molecule has 0 bridgehead atoms. The number of hydrogen-bond donors (Lipinski definition) is 3. The van der Waals surface area contributed by atoms with Crippen LogP contribution in [0.15, 0.2) is 0 Å². The molecule has 0 aromatic heterocycles. The Labute approximate surface area is 86.5 Å². The number of rotatable bonds is 3. The second-order valence-electron chi connectivity index (χ2n) is 1.54. The van der Waals surface area contributed by atoms with E-state index in [4.69, 9.17) is 15.9 Å². The first kappa shape index (κ1) is 17.1. The Bertz CT molecular complexity index is 143. The number of aliphatic carboxylic acids is 2. The van der Waals surface area contributed by atoms with Gasteiger partial charge < -0.3 is 22.8 Å². The summed E-state index contributed by atoms with van der Waals surface area (Å²) in [6.45, 7) is 0. The van der Waals surface area contributed by atoms with Crippen LogP contribution in [0.3, 0.4) is 0 Å².